The molecule has 1 aromatic carbocycles. The van der Waals surface area contributed by atoms with E-state index in [0.717, 1.165) is 19.3 Å². The maximum atomic E-state index is 11.7. The number of hydrogen-bond donors (Lipinski definition) is 3. The van der Waals surface area contributed by atoms with Gasteiger partial charge in [-0.1, -0.05) is 18.0 Å². The Kier molecular flexibility index (Phi) is 6.32. The highest BCUT2D eigenvalue weighted by atomic mass is 35.5. The van der Waals surface area contributed by atoms with Crippen LogP contribution in [0.25, 0.3) is 0 Å². The summed E-state index contributed by atoms with van der Waals surface area (Å²) in [4.78, 5) is 22.5. The zero-order chi connectivity index (χ0) is 14.3. The van der Waals surface area contributed by atoms with Crippen molar-refractivity contribution >= 4 is 29.2 Å². The predicted octanol–water partition coefficient (Wildman–Crippen LogP) is 2.50. The smallest absolute Gasteiger partial charge is 0.335 e. The Labute approximate surface area is 116 Å². The molecule has 6 heteroatoms. The maximum absolute atomic E-state index is 11.7. The third-order valence-corrected chi connectivity index (χ3v) is 2.92. The minimum Gasteiger partial charge on any atom is -0.478 e. The van der Waals surface area contributed by atoms with Crippen molar-refractivity contribution in [3.8, 4) is 0 Å². The number of carbonyl (C=O) groups excluding carboxylic acids is 1. The van der Waals surface area contributed by atoms with E-state index in [0.29, 0.717) is 23.7 Å². The van der Waals surface area contributed by atoms with Gasteiger partial charge in [0.2, 0.25) is 5.91 Å². The third kappa shape index (κ3) is 5.28. The number of unbranched alkanes of at least 4 members (excludes halogenated alkanes) is 2. The van der Waals surface area contributed by atoms with E-state index in [4.69, 9.17) is 22.4 Å². The Morgan fingerprint density at radius 3 is 2.63 bits per heavy atom. The van der Waals surface area contributed by atoms with Crippen LogP contribution >= 0.6 is 11.6 Å². The zero-order valence-electron chi connectivity index (χ0n) is 10.5. The number of hydrogen-bond acceptors (Lipinski definition) is 3. The van der Waals surface area contributed by atoms with E-state index in [1.54, 1.807) is 0 Å². The quantitative estimate of drug-likeness (QED) is 0.671. The Hall–Kier alpha value is -1.59. The molecule has 0 radical (unpaired) electrons. The molecule has 4 N–H and O–H groups in total. The number of carboxylic acids is 1. The number of nitrogens with one attached hydrogen (secondary N) is 1. The summed E-state index contributed by atoms with van der Waals surface area (Å²) in [5.74, 6) is -1.24. The van der Waals surface area contributed by atoms with Gasteiger partial charge in [-0.05, 0) is 37.6 Å². The van der Waals surface area contributed by atoms with Crippen molar-refractivity contribution in [3.63, 3.8) is 0 Å². The maximum Gasteiger partial charge on any atom is 0.335 e. The lowest BCUT2D eigenvalue weighted by Crippen LogP contribution is -2.12. The van der Waals surface area contributed by atoms with Crippen molar-refractivity contribution in [2.45, 2.75) is 25.7 Å². The second-order valence-electron chi connectivity index (χ2n) is 4.15. The number of amides is 1. The molecule has 0 unspecified atom stereocenters. The van der Waals surface area contributed by atoms with Crippen molar-refractivity contribution in [2.24, 2.45) is 5.73 Å². The van der Waals surface area contributed by atoms with E-state index in [1.807, 2.05) is 0 Å². The van der Waals surface area contributed by atoms with Crippen LogP contribution in [-0.4, -0.2) is 23.5 Å². The number of anilines is 1. The molecule has 0 heterocycles. The highest BCUT2D eigenvalue weighted by molar-refractivity contribution is 6.33. The summed E-state index contributed by atoms with van der Waals surface area (Å²) in [6, 6.07) is 4.19. The molecule has 1 rings (SSSR count). The van der Waals surface area contributed by atoms with Gasteiger partial charge in [0.25, 0.3) is 0 Å². The first-order valence-electron chi connectivity index (χ1n) is 6.07. The topological polar surface area (TPSA) is 92.4 Å². The second-order valence-corrected chi connectivity index (χ2v) is 4.55. The van der Waals surface area contributed by atoms with Crippen molar-refractivity contribution in [2.75, 3.05) is 11.9 Å². The van der Waals surface area contributed by atoms with Crippen molar-refractivity contribution in [3.05, 3.63) is 28.8 Å². The molecule has 1 amide bonds. The summed E-state index contributed by atoms with van der Waals surface area (Å²) < 4.78 is 0. The van der Waals surface area contributed by atoms with Gasteiger partial charge < -0.3 is 16.2 Å². The van der Waals surface area contributed by atoms with Crippen LogP contribution in [0.5, 0.6) is 0 Å². The van der Waals surface area contributed by atoms with E-state index in [2.05, 4.69) is 5.32 Å². The molecule has 0 saturated carbocycles. The predicted molar refractivity (Wildman–Crippen MR) is 74.6 cm³/mol. The van der Waals surface area contributed by atoms with Crippen molar-refractivity contribution in [1.82, 2.24) is 0 Å². The number of carbonyl (C=O) groups is 2. The average Bonchev–Trinajstić information content (AvgIpc) is 2.37. The molecule has 19 heavy (non-hydrogen) atoms. The van der Waals surface area contributed by atoms with Crippen LogP contribution < -0.4 is 11.1 Å². The molecule has 0 aliphatic carbocycles. The van der Waals surface area contributed by atoms with E-state index >= 15 is 0 Å². The molecule has 0 aliphatic rings. The normalized spacial score (nSPS) is 10.2. The van der Waals surface area contributed by atoms with Gasteiger partial charge in [-0.25, -0.2) is 4.79 Å². The van der Waals surface area contributed by atoms with Gasteiger partial charge in [-0.15, -0.1) is 0 Å². The first kappa shape index (κ1) is 15.5. The first-order chi connectivity index (χ1) is 9.04. The lowest BCUT2D eigenvalue weighted by atomic mass is 10.1. The van der Waals surface area contributed by atoms with E-state index in [1.165, 1.54) is 18.2 Å². The van der Waals surface area contributed by atoms with Gasteiger partial charge >= 0.3 is 5.97 Å². The molecule has 0 aromatic heterocycles. The zero-order valence-corrected chi connectivity index (χ0v) is 11.2. The number of nitrogens with two attached hydrogens (primary N) is 1. The van der Waals surface area contributed by atoms with Gasteiger partial charge in [0, 0.05) is 6.42 Å². The average molecular weight is 285 g/mol. The highest BCUT2D eigenvalue weighted by Gasteiger charge is 2.09. The number of halogens is 1. The monoisotopic (exact) mass is 284 g/mol. The number of rotatable bonds is 7. The Morgan fingerprint density at radius 2 is 2.00 bits per heavy atom. The standard InChI is InChI=1S/C13H17ClN2O3/c14-10-6-5-9(13(18)19)8-11(10)16-12(17)4-2-1-3-7-15/h5-6,8H,1-4,7,15H2,(H,16,17)(H,18,19). The van der Waals surface area contributed by atoms with E-state index in [9.17, 15) is 9.59 Å². The Balaban J connectivity index is 2.58. The molecule has 0 bridgehead atoms. The van der Waals surface area contributed by atoms with E-state index < -0.39 is 5.97 Å². The minimum absolute atomic E-state index is 0.0860. The van der Waals surface area contributed by atoms with Crippen molar-refractivity contribution < 1.29 is 14.7 Å². The molecule has 104 valence electrons. The van der Waals surface area contributed by atoms with Gasteiger partial charge in [-0.3, -0.25) is 4.79 Å². The summed E-state index contributed by atoms with van der Waals surface area (Å²) in [5.41, 5.74) is 5.77. The molecule has 0 fully saturated rings. The highest BCUT2D eigenvalue weighted by Crippen LogP contribution is 2.23. The fourth-order valence-corrected chi connectivity index (χ4v) is 1.74. The lowest BCUT2D eigenvalue weighted by molar-refractivity contribution is -0.116. The lowest BCUT2D eigenvalue weighted by Gasteiger charge is -2.08. The van der Waals surface area contributed by atoms with Crippen molar-refractivity contribution in [1.29, 1.82) is 0 Å². The molecular weight excluding hydrogens is 268 g/mol. The van der Waals surface area contributed by atoms with Crippen LogP contribution in [0.3, 0.4) is 0 Å². The number of aromatic carboxylic acids is 1. The summed E-state index contributed by atoms with van der Waals surface area (Å²) in [6.07, 6.45) is 2.91. The summed E-state index contributed by atoms with van der Waals surface area (Å²) in [5, 5.41) is 11.8. The van der Waals surface area contributed by atoms with Crippen LogP contribution in [0.1, 0.15) is 36.0 Å². The molecule has 0 saturated heterocycles. The summed E-state index contributed by atoms with van der Waals surface area (Å²) in [6.45, 7) is 0.619. The van der Waals surface area contributed by atoms with Crippen LogP contribution in [0.15, 0.2) is 18.2 Å². The second kappa shape index (κ2) is 7.76. The van der Waals surface area contributed by atoms with Crippen LogP contribution in [0, 0.1) is 0 Å². The molecule has 0 spiro atoms. The Morgan fingerprint density at radius 1 is 1.26 bits per heavy atom. The number of benzene rings is 1. The van der Waals surface area contributed by atoms with Crippen LogP contribution in [0.4, 0.5) is 5.69 Å². The number of carboxylic acid groups (broad SMARTS) is 1. The van der Waals surface area contributed by atoms with E-state index in [-0.39, 0.29) is 11.5 Å². The van der Waals surface area contributed by atoms with Gasteiger partial charge in [0.1, 0.15) is 0 Å². The summed E-state index contributed by atoms with van der Waals surface area (Å²) in [7, 11) is 0. The summed E-state index contributed by atoms with van der Waals surface area (Å²) >= 11 is 5.90. The molecule has 0 atom stereocenters. The molecule has 1 aromatic rings. The van der Waals surface area contributed by atoms with Gasteiger partial charge in [0.05, 0.1) is 16.3 Å². The van der Waals surface area contributed by atoms with Gasteiger partial charge in [-0.2, -0.15) is 0 Å². The Bertz CT molecular complexity index is 463. The molecule has 5 nitrogen and oxygen atoms in total. The molecular formula is C13H17ClN2O3. The van der Waals surface area contributed by atoms with Crippen LogP contribution in [0.2, 0.25) is 5.02 Å². The third-order valence-electron chi connectivity index (χ3n) is 2.60. The fraction of sp³-hybridized carbons (Fsp3) is 0.385. The van der Waals surface area contributed by atoms with Crippen LogP contribution in [-0.2, 0) is 4.79 Å². The van der Waals surface area contributed by atoms with Gasteiger partial charge in [0.15, 0.2) is 0 Å². The SMILES string of the molecule is NCCCCCC(=O)Nc1cc(C(=O)O)ccc1Cl. The molecule has 0 aliphatic heterocycles. The minimum atomic E-state index is -1.06. The first-order valence-corrected chi connectivity index (χ1v) is 6.45. The fourth-order valence-electron chi connectivity index (χ4n) is 1.57. The largest absolute Gasteiger partial charge is 0.478 e.